The van der Waals surface area contributed by atoms with Gasteiger partial charge in [-0.15, -0.1) is 0 Å². The highest BCUT2D eigenvalue weighted by atomic mass is 15.0. The Morgan fingerprint density at radius 1 is 1.25 bits per heavy atom. The van der Waals surface area contributed by atoms with E-state index in [0.717, 1.165) is 29.0 Å². The fraction of sp³-hybridized carbons (Fsp3) is 0.250. The van der Waals surface area contributed by atoms with Crippen molar-refractivity contribution in [2.75, 3.05) is 5.32 Å². The van der Waals surface area contributed by atoms with Crippen molar-refractivity contribution in [3.05, 3.63) is 54.0 Å². The highest BCUT2D eigenvalue weighted by Crippen LogP contribution is 2.22. The first-order valence-electron chi connectivity index (χ1n) is 6.89. The van der Waals surface area contributed by atoms with Crippen LogP contribution in [0.2, 0.25) is 0 Å². The van der Waals surface area contributed by atoms with Crippen LogP contribution < -0.4 is 5.32 Å². The number of hydrogen-bond acceptors (Lipinski definition) is 3. The SMILES string of the molecule is CC[C@H](Nc1ccc2cc[nH]c2n1)c1cc(C)ccn1. The molecule has 0 radical (unpaired) electrons. The highest BCUT2D eigenvalue weighted by molar-refractivity contribution is 5.77. The zero-order chi connectivity index (χ0) is 13.9. The highest BCUT2D eigenvalue weighted by Gasteiger charge is 2.11. The lowest BCUT2D eigenvalue weighted by atomic mass is 10.1. The van der Waals surface area contributed by atoms with Gasteiger partial charge in [-0.3, -0.25) is 4.98 Å². The summed E-state index contributed by atoms with van der Waals surface area (Å²) in [5.41, 5.74) is 3.19. The van der Waals surface area contributed by atoms with Crippen LogP contribution in [0.3, 0.4) is 0 Å². The van der Waals surface area contributed by atoms with Crippen LogP contribution in [-0.2, 0) is 0 Å². The molecule has 3 rings (SSSR count). The molecule has 1 atom stereocenters. The molecule has 4 nitrogen and oxygen atoms in total. The molecule has 3 heterocycles. The van der Waals surface area contributed by atoms with E-state index in [4.69, 9.17) is 0 Å². The van der Waals surface area contributed by atoms with Gasteiger partial charge in [0, 0.05) is 17.8 Å². The predicted octanol–water partition coefficient (Wildman–Crippen LogP) is 3.83. The molecule has 0 unspecified atom stereocenters. The van der Waals surface area contributed by atoms with Crippen molar-refractivity contribution < 1.29 is 0 Å². The van der Waals surface area contributed by atoms with Gasteiger partial charge in [-0.05, 0) is 49.2 Å². The fourth-order valence-electron chi connectivity index (χ4n) is 2.32. The summed E-state index contributed by atoms with van der Waals surface area (Å²) in [6, 6.07) is 10.4. The molecule has 0 aliphatic rings. The van der Waals surface area contributed by atoms with Gasteiger partial charge >= 0.3 is 0 Å². The zero-order valence-electron chi connectivity index (χ0n) is 11.7. The maximum atomic E-state index is 4.58. The summed E-state index contributed by atoms with van der Waals surface area (Å²) in [6.45, 7) is 4.23. The zero-order valence-corrected chi connectivity index (χ0v) is 11.7. The number of aromatic nitrogens is 3. The summed E-state index contributed by atoms with van der Waals surface area (Å²) in [6.07, 6.45) is 4.72. The summed E-state index contributed by atoms with van der Waals surface area (Å²) >= 11 is 0. The Kier molecular flexibility index (Phi) is 3.37. The molecule has 4 heteroatoms. The number of nitrogens with zero attached hydrogens (tertiary/aromatic N) is 2. The van der Waals surface area contributed by atoms with Crippen LogP contribution in [0.4, 0.5) is 5.82 Å². The van der Waals surface area contributed by atoms with E-state index in [1.54, 1.807) is 0 Å². The molecule has 3 aromatic rings. The number of pyridine rings is 2. The number of nitrogens with one attached hydrogen (secondary N) is 2. The minimum Gasteiger partial charge on any atom is -0.362 e. The number of hydrogen-bond donors (Lipinski definition) is 2. The van der Waals surface area contributed by atoms with E-state index in [9.17, 15) is 0 Å². The van der Waals surface area contributed by atoms with Crippen LogP contribution in [-0.4, -0.2) is 15.0 Å². The van der Waals surface area contributed by atoms with E-state index in [0.29, 0.717) is 0 Å². The number of H-pyrrole nitrogens is 1. The van der Waals surface area contributed by atoms with E-state index >= 15 is 0 Å². The normalized spacial score (nSPS) is 12.5. The van der Waals surface area contributed by atoms with Gasteiger partial charge in [-0.1, -0.05) is 6.92 Å². The molecule has 3 aromatic heterocycles. The van der Waals surface area contributed by atoms with Crippen molar-refractivity contribution in [2.24, 2.45) is 0 Å². The van der Waals surface area contributed by atoms with Crippen LogP contribution >= 0.6 is 0 Å². The maximum absolute atomic E-state index is 4.58. The summed E-state index contributed by atoms with van der Waals surface area (Å²) in [7, 11) is 0. The lowest BCUT2D eigenvalue weighted by Gasteiger charge is -2.17. The Morgan fingerprint density at radius 3 is 2.95 bits per heavy atom. The largest absolute Gasteiger partial charge is 0.362 e. The van der Waals surface area contributed by atoms with Gasteiger partial charge in [-0.2, -0.15) is 0 Å². The van der Waals surface area contributed by atoms with Crippen molar-refractivity contribution in [3.63, 3.8) is 0 Å². The first-order chi connectivity index (χ1) is 9.76. The van der Waals surface area contributed by atoms with E-state index in [-0.39, 0.29) is 6.04 Å². The quantitative estimate of drug-likeness (QED) is 0.754. The Balaban J connectivity index is 1.87. The first-order valence-corrected chi connectivity index (χ1v) is 6.89. The molecule has 102 valence electrons. The van der Waals surface area contributed by atoms with Gasteiger partial charge < -0.3 is 10.3 Å². The van der Waals surface area contributed by atoms with Crippen LogP contribution in [0.1, 0.15) is 30.6 Å². The topological polar surface area (TPSA) is 53.6 Å². The number of fused-ring (bicyclic) bond motifs is 1. The van der Waals surface area contributed by atoms with Crippen molar-refractivity contribution in [1.29, 1.82) is 0 Å². The molecule has 0 aromatic carbocycles. The lowest BCUT2D eigenvalue weighted by molar-refractivity contribution is 0.718. The average Bonchev–Trinajstić information content (AvgIpc) is 2.92. The molecular weight excluding hydrogens is 248 g/mol. The third kappa shape index (κ3) is 2.50. The minimum atomic E-state index is 0.176. The molecule has 0 saturated carbocycles. The van der Waals surface area contributed by atoms with Gasteiger partial charge in [0.05, 0.1) is 11.7 Å². The van der Waals surface area contributed by atoms with Crippen molar-refractivity contribution in [3.8, 4) is 0 Å². The maximum Gasteiger partial charge on any atom is 0.139 e. The standard InChI is InChI=1S/C16H18N4/c1-3-13(14-10-11(2)6-8-17-14)19-15-5-4-12-7-9-18-16(12)20-15/h4-10,13H,3H2,1-2H3,(H2,18,19,20)/t13-/m0/s1. The van der Waals surface area contributed by atoms with E-state index in [1.165, 1.54) is 5.56 Å². The number of aromatic amines is 1. The van der Waals surface area contributed by atoms with Gasteiger partial charge in [0.2, 0.25) is 0 Å². The third-order valence-electron chi connectivity index (χ3n) is 3.43. The molecule has 20 heavy (non-hydrogen) atoms. The molecule has 0 spiro atoms. The van der Waals surface area contributed by atoms with Crippen molar-refractivity contribution in [2.45, 2.75) is 26.3 Å². The Morgan fingerprint density at radius 2 is 2.15 bits per heavy atom. The summed E-state index contributed by atoms with van der Waals surface area (Å²) in [5.74, 6) is 0.870. The van der Waals surface area contributed by atoms with Crippen LogP contribution in [0.5, 0.6) is 0 Å². The lowest BCUT2D eigenvalue weighted by Crippen LogP contribution is -2.12. The van der Waals surface area contributed by atoms with E-state index < -0.39 is 0 Å². The second-order valence-corrected chi connectivity index (χ2v) is 4.98. The molecule has 0 saturated heterocycles. The fourth-order valence-corrected chi connectivity index (χ4v) is 2.32. The van der Waals surface area contributed by atoms with E-state index in [2.05, 4.69) is 46.2 Å². The third-order valence-corrected chi connectivity index (χ3v) is 3.43. The van der Waals surface area contributed by atoms with E-state index in [1.807, 2.05) is 30.6 Å². The molecule has 0 aliphatic heterocycles. The molecule has 2 N–H and O–H groups in total. The monoisotopic (exact) mass is 266 g/mol. The van der Waals surface area contributed by atoms with Crippen LogP contribution in [0, 0.1) is 6.92 Å². The van der Waals surface area contributed by atoms with Gasteiger partial charge in [0.25, 0.3) is 0 Å². The Hall–Kier alpha value is -2.36. The number of rotatable bonds is 4. The summed E-state index contributed by atoms with van der Waals surface area (Å²) in [5, 5.41) is 4.58. The molecule has 0 fully saturated rings. The summed E-state index contributed by atoms with van der Waals surface area (Å²) in [4.78, 5) is 12.2. The number of anilines is 1. The predicted molar refractivity (Wildman–Crippen MR) is 81.7 cm³/mol. The second kappa shape index (κ2) is 5.33. The van der Waals surface area contributed by atoms with Gasteiger partial charge in [0.1, 0.15) is 11.5 Å². The van der Waals surface area contributed by atoms with Crippen LogP contribution in [0.25, 0.3) is 11.0 Å². The number of aryl methyl sites for hydroxylation is 1. The summed E-state index contributed by atoms with van der Waals surface area (Å²) < 4.78 is 0. The van der Waals surface area contributed by atoms with Crippen LogP contribution in [0.15, 0.2) is 42.7 Å². The van der Waals surface area contributed by atoms with Crippen molar-refractivity contribution >= 4 is 16.9 Å². The first kappa shape index (κ1) is 12.7. The van der Waals surface area contributed by atoms with Crippen molar-refractivity contribution in [1.82, 2.24) is 15.0 Å². The molecule has 0 aliphatic carbocycles. The van der Waals surface area contributed by atoms with Gasteiger partial charge in [-0.25, -0.2) is 4.98 Å². The minimum absolute atomic E-state index is 0.176. The molecule has 0 amide bonds. The van der Waals surface area contributed by atoms with Gasteiger partial charge in [0.15, 0.2) is 0 Å². The molecular formula is C16H18N4. The smallest absolute Gasteiger partial charge is 0.139 e. The Labute approximate surface area is 118 Å². The Bertz CT molecular complexity index is 717. The second-order valence-electron chi connectivity index (χ2n) is 4.98. The average molecular weight is 266 g/mol. The molecule has 0 bridgehead atoms.